The van der Waals surface area contributed by atoms with Gasteiger partial charge in [-0.3, -0.25) is 0 Å². The Morgan fingerprint density at radius 2 is 2.05 bits per heavy atom. The van der Waals surface area contributed by atoms with Crippen LogP contribution in [0.1, 0.15) is 29.6 Å². The number of nitrogen functional groups attached to an aromatic ring is 1. The summed E-state index contributed by atoms with van der Waals surface area (Å²) in [5.41, 5.74) is 9.08. The molecule has 0 aliphatic rings. The second-order valence-electron chi connectivity index (χ2n) is 4.69. The number of aromatic nitrogens is 3. The van der Waals surface area contributed by atoms with Crippen LogP contribution in [0, 0.1) is 0 Å². The number of thiazole rings is 1. The van der Waals surface area contributed by atoms with Crippen LogP contribution in [0.25, 0.3) is 10.2 Å². The molecule has 102 valence electrons. The molecule has 0 unspecified atom stereocenters. The van der Waals surface area contributed by atoms with E-state index in [1.165, 1.54) is 11.0 Å². The van der Waals surface area contributed by atoms with Gasteiger partial charge in [0.25, 0.3) is 0 Å². The van der Waals surface area contributed by atoms with Crippen molar-refractivity contribution in [2.45, 2.75) is 26.2 Å². The van der Waals surface area contributed by atoms with Crippen LogP contribution in [0.5, 0.6) is 0 Å². The van der Waals surface area contributed by atoms with Crippen LogP contribution in [-0.2, 0) is 12.8 Å². The molecular weight excluding hydrogens is 268 g/mol. The first-order valence-corrected chi connectivity index (χ1v) is 7.52. The van der Waals surface area contributed by atoms with E-state index in [2.05, 4.69) is 27.9 Å². The third-order valence-electron chi connectivity index (χ3n) is 3.22. The van der Waals surface area contributed by atoms with E-state index in [0.29, 0.717) is 5.82 Å². The van der Waals surface area contributed by atoms with Gasteiger partial charge in [-0.15, -0.1) is 11.3 Å². The summed E-state index contributed by atoms with van der Waals surface area (Å²) >= 11 is 1.71. The lowest BCUT2D eigenvalue weighted by atomic mass is 10.1. The minimum Gasteiger partial charge on any atom is -0.383 e. The van der Waals surface area contributed by atoms with Crippen molar-refractivity contribution in [3.05, 3.63) is 46.9 Å². The van der Waals surface area contributed by atoms with Crippen molar-refractivity contribution in [3.63, 3.8) is 0 Å². The van der Waals surface area contributed by atoms with Gasteiger partial charge in [0.05, 0.1) is 20.9 Å². The van der Waals surface area contributed by atoms with Crippen molar-refractivity contribution in [2.75, 3.05) is 5.73 Å². The van der Waals surface area contributed by atoms with Crippen molar-refractivity contribution in [1.29, 1.82) is 0 Å². The first-order chi connectivity index (χ1) is 9.78. The standard InChI is InChI=1S/C15H16N4S/c1-2-5-10-12(17-9-18-15(10)16)8-14-19-11-6-3-4-7-13(11)20-14/h3-4,6-7,9H,2,5,8H2,1H3,(H2,16,17,18). The maximum Gasteiger partial charge on any atom is 0.130 e. The van der Waals surface area contributed by atoms with Crippen molar-refractivity contribution in [2.24, 2.45) is 0 Å². The fraction of sp³-hybridized carbons (Fsp3) is 0.267. The van der Waals surface area contributed by atoms with Gasteiger partial charge < -0.3 is 5.73 Å². The maximum absolute atomic E-state index is 5.97. The lowest BCUT2D eigenvalue weighted by Crippen LogP contribution is -2.05. The SMILES string of the molecule is CCCc1c(N)ncnc1Cc1nc2ccccc2s1. The fourth-order valence-electron chi connectivity index (χ4n) is 2.28. The van der Waals surface area contributed by atoms with Gasteiger partial charge in [-0.1, -0.05) is 25.5 Å². The molecule has 0 atom stereocenters. The minimum absolute atomic E-state index is 0.595. The van der Waals surface area contributed by atoms with Crippen LogP contribution in [-0.4, -0.2) is 15.0 Å². The number of fused-ring (bicyclic) bond motifs is 1. The highest BCUT2D eigenvalue weighted by molar-refractivity contribution is 7.18. The molecule has 2 N–H and O–H groups in total. The normalized spacial score (nSPS) is 11.1. The Balaban J connectivity index is 1.96. The van der Waals surface area contributed by atoms with E-state index >= 15 is 0 Å². The molecule has 4 nitrogen and oxygen atoms in total. The lowest BCUT2D eigenvalue weighted by molar-refractivity contribution is 0.870. The molecule has 5 heteroatoms. The number of para-hydroxylation sites is 1. The van der Waals surface area contributed by atoms with Crippen molar-refractivity contribution in [3.8, 4) is 0 Å². The minimum atomic E-state index is 0.595. The molecule has 0 bridgehead atoms. The molecule has 0 amide bonds. The number of rotatable bonds is 4. The Morgan fingerprint density at radius 3 is 2.85 bits per heavy atom. The average Bonchev–Trinajstić information content (AvgIpc) is 2.85. The predicted octanol–water partition coefficient (Wildman–Crippen LogP) is 3.21. The second kappa shape index (κ2) is 5.54. The van der Waals surface area contributed by atoms with E-state index in [9.17, 15) is 0 Å². The van der Waals surface area contributed by atoms with E-state index in [1.54, 1.807) is 11.3 Å². The first kappa shape index (κ1) is 13.0. The topological polar surface area (TPSA) is 64.7 Å². The van der Waals surface area contributed by atoms with Crippen LogP contribution in [0.2, 0.25) is 0 Å². The van der Waals surface area contributed by atoms with E-state index < -0.39 is 0 Å². The first-order valence-electron chi connectivity index (χ1n) is 6.70. The summed E-state index contributed by atoms with van der Waals surface area (Å²) < 4.78 is 1.21. The Labute approximate surface area is 121 Å². The van der Waals surface area contributed by atoms with Crippen LogP contribution in [0.15, 0.2) is 30.6 Å². The van der Waals surface area contributed by atoms with Gasteiger partial charge in [0.1, 0.15) is 12.1 Å². The summed E-state index contributed by atoms with van der Waals surface area (Å²) in [6.45, 7) is 2.13. The Morgan fingerprint density at radius 1 is 1.20 bits per heavy atom. The van der Waals surface area contributed by atoms with Crippen LogP contribution in [0.4, 0.5) is 5.82 Å². The van der Waals surface area contributed by atoms with E-state index in [-0.39, 0.29) is 0 Å². The monoisotopic (exact) mass is 284 g/mol. The van der Waals surface area contributed by atoms with Gasteiger partial charge in [0.2, 0.25) is 0 Å². The van der Waals surface area contributed by atoms with Crippen LogP contribution >= 0.6 is 11.3 Å². The van der Waals surface area contributed by atoms with E-state index in [1.807, 2.05) is 18.2 Å². The molecule has 0 aliphatic heterocycles. The van der Waals surface area contributed by atoms with Gasteiger partial charge in [0, 0.05) is 12.0 Å². The molecule has 0 radical (unpaired) electrons. The maximum atomic E-state index is 5.97. The molecule has 2 aromatic heterocycles. The van der Waals surface area contributed by atoms with Crippen molar-refractivity contribution in [1.82, 2.24) is 15.0 Å². The van der Waals surface area contributed by atoms with Gasteiger partial charge in [-0.05, 0) is 18.6 Å². The van der Waals surface area contributed by atoms with Gasteiger partial charge in [-0.25, -0.2) is 15.0 Å². The molecular formula is C15H16N4S. The number of hydrogen-bond acceptors (Lipinski definition) is 5. The number of anilines is 1. The second-order valence-corrected chi connectivity index (χ2v) is 5.80. The van der Waals surface area contributed by atoms with Gasteiger partial charge in [0.15, 0.2) is 0 Å². The third-order valence-corrected chi connectivity index (χ3v) is 4.26. The number of nitrogens with two attached hydrogens (primary N) is 1. The zero-order valence-electron chi connectivity index (χ0n) is 11.3. The number of benzene rings is 1. The summed E-state index contributed by atoms with van der Waals surface area (Å²) in [7, 11) is 0. The van der Waals surface area contributed by atoms with Crippen LogP contribution < -0.4 is 5.73 Å². The molecule has 20 heavy (non-hydrogen) atoms. The molecule has 0 fully saturated rings. The zero-order chi connectivity index (χ0) is 13.9. The zero-order valence-corrected chi connectivity index (χ0v) is 12.2. The van der Waals surface area contributed by atoms with Gasteiger partial charge >= 0.3 is 0 Å². The van der Waals surface area contributed by atoms with Crippen molar-refractivity contribution < 1.29 is 0 Å². The molecule has 1 aromatic carbocycles. The number of hydrogen-bond donors (Lipinski definition) is 1. The highest BCUT2D eigenvalue weighted by Gasteiger charge is 2.11. The molecule has 0 saturated carbocycles. The Hall–Kier alpha value is -2.01. The average molecular weight is 284 g/mol. The summed E-state index contributed by atoms with van der Waals surface area (Å²) in [5, 5.41) is 1.07. The largest absolute Gasteiger partial charge is 0.383 e. The molecule has 3 aromatic rings. The summed E-state index contributed by atoms with van der Waals surface area (Å²) in [6, 6.07) is 8.18. The van der Waals surface area contributed by atoms with E-state index in [4.69, 9.17) is 5.73 Å². The Kier molecular flexibility index (Phi) is 3.60. The van der Waals surface area contributed by atoms with Gasteiger partial charge in [-0.2, -0.15) is 0 Å². The molecule has 0 saturated heterocycles. The predicted molar refractivity (Wildman–Crippen MR) is 82.9 cm³/mol. The molecule has 0 aliphatic carbocycles. The molecule has 2 heterocycles. The van der Waals surface area contributed by atoms with Crippen molar-refractivity contribution >= 4 is 27.4 Å². The smallest absolute Gasteiger partial charge is 0.130 e. The quantitative estimate of drug-likeness (QED) is 0.799. The number of nitrogens with zero attached hydrogens (tertiary/aromatic N) is 3. The summed E-state index contributed by atoms with van der Waals surface area (Å²) in [5.74, 6) is 0.595. The highest BCUT2D eigenvalue weighted by atomic mass is 32.1. The van der Waals surface area contributed by atoms with Crippen LogP contribution in [0.3, 0.4) is 0 Å². The lowest BCUT2D eigenvalue weighted by Gasteiger charge is -2.08. The summed E-state index contributed by atoms with van der Waals surface area (Å²) in [6.07, 6.45) is 4.20. The van der Waals surface area contributed by atoms with E-state index in [0.717, 1.165) is 41.0 Å². The third kappa shape index (κ3) is 2.49. The molecule has 0 spiro atoms. The fourth-order valence-corrected chi connectivity index (χ4v) is 3.25. The summed E-state index contributed by atoms with van der Waals surface area (Å²) in [4.78, 5) is 13.1. The molecule has 3 rings (SSSR count). The highest BCUT2D eigenvalue weighted by Crippen LogP contribution is 2.25. The Bertz CT molecular complexity index is 703.